The fourth-order valence-corrected chi connectivity index (χ4v) is 3.36. The van der Waals surface area contributed by atoms with Crippen molar-refractivity contribution >= 4 is 28.2 Å². The monoisotopic (exact) mass is 393 g/mol. The number of fused-ring (bicyclic) bond motifs is 1. The van der Waals surface area contributed by atoms with Crippen LogP contribution in [0.1, 0.15) is 18.9 Å². The predicted molar refractivity (Wildman–Crippen MR) is 105 cm³/mol. The van der Waals surface area contributed by atoms with Crippen LogP contribution in [0, 0.1) is 23.2 Å². The Morgan fingerprint density at radius 2 is 2.14 bits per heavy atom. The molecule has 2 aromatic heterocycles. The Bertz CT molecular complexity index is 1170. The molecule has 0 unspecified atom stereocenters. The molecule has 2 atom stereocenters. The zero-order valence-corrected chi connectivity index (χ0v) is 15.5. The molecule has 3 aromatic rings. The van der Waals surface area contributed by atoms with Crippen molar-refractivity contribution in [3.8, 4) is 17.2 Å². The van der Waals surface area contributed by atoms with Crippen LogP contribution in [-0.2, 0) is 10.7 Å². The summed E-state index contributed by atoms with van der Waals surface area (Å²) in [5, 5.41) is 12.9. The molecule has 29 heavy (non-hydrogen) atoms. The van der Waals surface area contributed by atoms with E-state index in [4.69, 9.17) is 11.0 Å². The van der Waals surface area contributed by atoms with E-state index in [1.807, 2.05) is 0 Å². The van der Waals surface area contributed by atoms with Gasteiger partial charge >= 0.3 is 0 Å². The number of carbonyl (C=O) groups is 1. The highest BCUT2D eigenvalue weighted by Gasteiger charge is 2.43. The van der Waals surface area contributed by atoms with Crippen molar-refractivity contribution in [2.75, 3.05) is 11.1 Å². The van der Waals surface area contributed by atoms with Crippen molar-refractivity contribution in [2.24, 2.45) is 11.8 Å². The molecule has 2 heterocycles. The molecule has 8 heteroatoms. The minimum atomic E-state index is -3.04. The summed E-state index contributed by atoms with van der Waals surface area (Å²) in [4.78, 5) is 20.3. The van der Waals surface area contributed by atoms with E-state index in [0.29, 0.717) is 34.3 Å². The van der Waals surface area contributed by atoms with Crippen molar-refractivity contribution in [3.63, 3.8) is 0 Å². The van der Waals surface area contributed by atoms with Gasteiger partial charge in [-0.05, 0) is 41.6 Å². The molecule has 0 aliphatic heterocycles. The number of nitrogens with zero attached hydrogens (tertiary/aromatic N) is 3. The number of alkyl halides is 2. The van der Waals surface area contributed by atoms with Crippen LogP contribution in [0.25, 0.3) is 21.9 Å². The van der Waals surface area contributed by atoms with Gasteiger partial charge in [-0.2, -0.15) is 5.26 Å². The van der Waals surface area contributed by atoms with E-state index in [1.54, 1.807) is 18.2 Å². The second-order valence-corrected chi connectivity index (χ2v) is 7.23. The zero-order valence-electron chi connectivity index (χ0n) is 15.5. The topological polar surface area (TPSA) is 105 Å². The number of carbonyl (C=O) groups excluding carboxylic acids is 1. The summed E-state index contributed by atoms with van der Waals surface area (Å²) in [6.45, 7) is 0.834. The van der Waals surface area contributed by atoms with E-state index in [9.17, 15) is 13.6 Å². The molecule has 1 amide bonds. The number of hydrogen-bond donors (Lipinski definition) is 2. The predicted octanol–water partition coefficient (Wildman–Crippen LogP) is 4.09. The molecule has 146 valence electrons. The van der Waals surface area contributed by atoms with Crippen LogP contribution in [-0.4, -0.2) is 15.9 Å². The van der Waals surface area contributed by atoms with E-state index >= 15 is 0 Å². The van der Waals surface area contributed by atoms with Crippen molar-refractivity contribution in [1.82, 2.24) is 9.97 Å². The van der Waals surface area contributed by atoms with Crippen LogP contribution >= 0.6 is 0 Å². The Morgan fingerprint density at radius 3 is 2.83 bits per heavy atom. The number of amides is 1. The average Bonchev–Trinajstić information content (AvgIpc) is 3.47. The lowest BCUT2D eigenvalue weighted by atomic mass is 9.96. The number of hydrogen-bond acceptors (Lipinski definition) is 5. The number of nitrogen functional groups attached to an aromatic ring is 1. The first-order valence-electron chi connectivity index (χ1n) is 9.00. The maximum absolute atomic E-state index is 14.0. The molecular formula is C21H17F2N5O. The fraction of sp³-hybridized carbons (Fsp3) is 0.238. The SMILES string of the molecule is CC(F)(F)c1ccncc1-c1cc(N)c2cnc(NC(=O)[C@@H]3C[C@H]3C#N)cc2c1. The van der Waals surface area contributed by atoms with Crippen LogP contribution < -0.4 is 11.1 Å². The summed E-state index contributed by atoms with van der Waals surface area (Å²) in [5.74, 6) is -3.56. The zero-order chi connectivity index (χ0) is 20.8. The fourth-order valence-electron chi connectivity index (χ4n) is 3.36. The number of rotatable bonds is 4. The van der Waals surface area contributed by atoms with Gasteiger partial charge in [-0.3, -0.25) is 9.78 Å². The van der Waals surface area contributed by atoms with Gasteiger partial charge in [0, 0.05) is 47.7 Å². The first-order chi connectivity index (χ1) is 13.8. The molecular weight excluding hydrogens is 376 g/mol. The van der Waals surface area contributed by atoms with Gasteiger partial charge in [-0.15, -0.1) is 0 Å². The van der Waals surface area contributed by atoms with E-state index in [2.05, 4.69) is 21.4 Å². The maximum atomic E-state index is 14.0. The standard InChI is InChI=1S/C21H17F2N5O/c1-21(22,23)17-2-3-26-9-15(17)11-4-12-7-19(27-10-16(12)18(25)6-11)28-20(29)14-5-13(14)8-24/h2-4,6-7,9-10,13-14H,5,25H2,1H3,(H,27,28,29)/t13-,14+/m0/s1. The van der Waals surface area contributed by atoms with Gasteiger partial charge < -0.3 is 11.1 Å². The molecule has 0 spiro atoms. The summed E-state index contributed by atoms with van der Waals surface area (Å²) in [6, 6.07) is 8.31. The van der Waals surface area contributed by atoms with Crippen molar-refractivity contribution in [1.29, 1.82) is 5.26 Å². The van der Waals surface area contributed by atoms with Crippen LogP contribution in [0.3, 0.4) is 0 Å². The number of nitrogens with one attached hydrogen (secondary N) is 1. The largest absolute Gasteiger partial charge is 0.398 e. The summed E-state index contributed by atoms with van der Waals surface area (Å²) >= 11 is 0. The van der Waals surface area contributed by atoms with Gasteiger partial charge in [-0.25, -0.2) is 13.8 Å². The minimum Gasteiger partial charge on any atom is -0.398 e. The number of anilines is 2. The third-order valence-electron chi connectivity index (χ3n) is 5.02. The Balaban J connectivity index is 1.73. The first kappa shape index (κ1) is 18.7. The second-order valence-electron chi connectivity index (χ2n) is 7.23. The normalized spacial score (nSPS) is 18.3. The van der Waals surface area contributed by atoms with Crippen molar-refractivity contribution in [2.45, 2.75) is 19.3 Å². The lowest BCUT2D eigenvalue weighted by Crippen LogP contribution is -2.15. The quantitative estimate of drug-likeness (QED) is 0.650. The van der Waals surface area contributed by atoms with Gasteiger partial charge in [0.15, 0.2) is 0 Å². The van der Waals surface area contributed by atoms with E-state index < -0.39 is 5.92 Å². The highest BCUT2D eigenvalue weighted by molar-refractivity contribution is 6.00. The molecule has 1 fully saturated rings. The lowest BCUT2D eigenvalue weighted by molar-refractivity contribution is -0.117. The first-order valence-corrected chi connectivity index (χ1v) is 9.00. The van der Waals surface area contributed by atoms with Gasteiger partial charge in [0.2, 0.25) is 5.91 Å². The molecule has 0 radical (unpaired) electrons. The number of halogens is 2. The second kappa shape index (κ2) is 6.78. The molecule has 6 nitrogen and oxygen atoms in total. The van der Waals surface area contributed by atoms with Crippen molar-refractivity contribution < 1.29 is 13.6 Å². The van der Waals surface area contributed by atoms with Crippen LogP contribution in [0.15, 0.2) is 42.9 Å². The molecule has 0 bridgehead atoms. The smallest absolute Gasteiger partial charge is 0.271 e. The molecule has 3 N–H and O–H groups in total. The molecule has 0 saturated heterocycles. The maximum Gasteiger partial charge on any atom is 0.271 e. The molecule has 1 aliphatic rings. The van der Waals surface area contributed by atoms with Crippen LogP contribution in [0.5, 0.6) is 0 Å². The van der Waals surface area contributed by atoms with Crippen LogP contribution in [0.4, 0.5) is 20.3 Å². The Kier molecular flexibility index (Phi) is 4.38. The summed E-state index contributed by atoms with van der Waals surface area (Å²) in [6.07, 6.45) is 4.77. The number of nitriles is 1. The van der Waals surface area contributed by atoms with E-state index in [1.165, 1.54) is 24.7 Å². The Hall–Kier alpha value is -3.60. The van der Waals surface area contributed by atoms with Gasteiger partial charge in [0.1, 0.15) is 5.82 Å². The average molecular weight is 393 g/mol. The Morgan fingerprint density at radius 1 is 1.34 bits per heavy atom. The third kappa shape index (κ3) is 3.59. The van der Waals surface area contributed by atoms with E-state index in [0.717, 1.165) is 6.92 Å². The number of nitrogens with two attached hydrogens (primary N) is 1. The van der Waals surface area contributed by atoms with Gasteiger partial charge in [-0.1, -0.05) is 0 Å². The minimum absolute atomic E-state index is 0.148. The number of aromatic nitrogens is 2. The third-order valence-corrected chi connectivity index (χ3v) is 5.02. The summed E-state index contributed by atoms with van der Waals surface area (Å²) < 4.78 is 28.1. The highest BCUT2D eigenvalue weighted by atomic mass is 19.3. The van der Waals surface area contributed by atoms with Crippen molar-refractivity contribution in [3.05, 3.63) is 48.4 Å². The van der Waals surface area contributed by atoms with Gasteiger partial charge in [0.25, 0.3) is 5.92 Å². The molecule has 1 aromatic carbocycles. The highest BCUT2D eigenvalue weighted by Crippen LogP contribution is 2.39. The summed E-state index contributed by atoms with van der Waals surface area (Å²) in [5.41, 5.74) is 7.14. The van der Waals surface area contributed by atoms with Crippen LogP contribution in [0.2, 0.25) is 0 Å². The Labute approximate surface area is 165 Å². The molecule has 4 rings (SSSR count). The molecule has 1 aliphatic carbocycles. The number of pyridine rings is 2. The summed E-state index contributed by atoms with van der Waals surface area (Å²) in [7, 11) is 0. The molecule has 1 saturated carbocycles. The van der Waals surface area contributed by atoms with E-state index in [-0.39, 0.29) is 28.9 Å². The lowest BCUT2D eigenvalue weighted by Gasteiger charge is -2.16. The van der Waals surface area contributed by atoms with Gasteiger partial charge in [0.05, 0.1) is 17.9 Å². The number of benzene rings is 1.